The van der Waals surface area contributed by atoms with Crippen LogP contribution in [0.1, 0.15) is 46.3 Å². The highest BCUT2D eigenvalue weighted by Gasteiger charge is 2.58. The highest BCUT2D eigenvalue weighted by atomic mass is 16.6. The minimum absolute atomic E-state index is 0.0585. The van der Waals surface area contributed by atoms with Crippen LogP contribution >= 0.6 is 0 Å². The maximum atomic E-state index is 13.1. The van der Waals surface area contributed by atoms with Crippen molar-refractivity contribution in [1.29, 1.82) is 0 Å². The summed E-state index contributed by atoms with van der Waals surface area (Å²) >= 11 is 0. The van der Waals surface area contributed by atoms with E-state index in [1.54, 1.807) is 12.1 Å². The summed E-state index contributed by atoms with van der Waals surface area (Å²) in [7, 11) is 0. The standard InChI is InChI=1S/C30H26N6O4/c37-35(38)18-7-5-6-17(16-18)27-29(36(39)40)28-25-21(19-8-1-3-10-23(19)31-25)12-15-34(28)30-26-22(13-14-33(27)30)20-9-2-4-11-24(20)32-26/h1-11,16,27-32H,12-15H2/t27-,28+,29-,30-/m0/s1. The van der Waals surface area contributed by atoms with E-state index in [1.807, 2.05) is 30.3 Å². The first-order chi connectivity index (χ1) is 19.5. The van der Waals surface area contributed by atoms with Crippen LogP contribution in [-0.4, -0.2) is 48.7 Å². The van der Waals surface area contributed by atoms with Gasteiger partial charge < -0.3 is 9.97 Å². The number of nitro benzene ring substituents is 1. The van der Waals surface area contributed by atoms with Crippen LogP contribution in [0.5, 0.6) is 0 Å². The van der Waals surface area contributed by atoms with Crippen LogP contribution in [0.4, 0.5) is 5.69 Å². The number of hydrogen-bond donors (Lipinski definition) is 2. The third kappa shape index (κ3) is 3.17. The fourth-order valence-electron chi connectivity index (χ4n) is 7.63. The van der Waals surface area contributed by atoms with Gasteiger partial charge in [-0.2, -0.15) is 0 Å². The molecule has 10 heteroatoms. The van der Waals surface area contributed by atoms with Gasteiger partial charge in [0.2, 0.25) is 0 Å². The molecule has 8 rings (SSSR count). The summed E-state index contributed by atoms with van der Waals surface area (Å²) in [5.74, 6) is 0. The van der Waals surface area contributed by atoms with Crippen LogP contribution in [0.25, 0.3) is 21.8 Å². The number of non-ortho nitro benzene ring substituents is 1. The average molecular weight is 535 g/mol. The number of H-pyrrole nitrogens is 2. The number of rotatable bonds is 3. The molecule has 4 atom stereocenters. The van der Waals surface area contributed by atoms with Crippen molar-refractivity contribution in [2.45, 2.75) is 37.1 Å². The number of hydrogen-bond acceptors (Lipinski definition) is 6. The minimum atomic E-state index is -1.03. The second kappa shape index (κ2) is 8.48. The Hall–Kier alpha value is -4.54. The Morgan fingerprint density at radius 3 is 1.98 bits per heavy atom. The third-order valence-electron chi connectivity index (χ3n) is 9.14. The van der Waals surface area contributed by atoms with E-state index in [0.717, 1.165) is 46.2 Å². The van der Waals surface area contributed by atoms with Gasteiger partial charge in [-0.1, -0.05) is 48.5 Å². The van der Waals surface area contributed by atoms with Crippen LogP contribution in [0.2, 0.25) is 0 Å². The summed E-state index contributed by atoms with van der Waals surface area (Å²) in [5, 5.41) is 27.1. The number of fused-ring (bicyclic) bond motifs is 11. The summed E-state index contributed by atoms with van der Waals surface area (Å²) in [5.41, 5.74) is 6.89. The second-order valence-electron chi connectivity index (χ2n) is 11.0. The van der Waals surface area contributed by atoms with Crippen LogP contribution < -0.4 is 0 Å². The predicted octanol–water partition coefficient (Wildman–Crippen LogP) is 5.41. The van der Waals surface area contributed by atoms with E-state index in [1.165, 1.54) is 23.1 Å². The van der Waals surface area contributed by atoms with Gasteiger partial charge in [0.05, 0.1) is 10.6 Å². The maximum Gasteiger partial charge on any atom is 0.269 e. The second-order valence-corrected chi connectivity index (χ2v) is 11.0. The molecule has 0 saturated carbocycles. The van der Waals surface area contributed by atoms with Gasteiger partial charge in [0.25, 0.3) is 11.7 Å². The van der Waals surface area contributed by atoms with Crippen molar-refractivity contribution in [2.75, 3.05) is 13.1 Å². The minimum Gasteiger partial charge on any atom is -0.357 e. The monoisotopic (exact) mass is 534 g/mol. The van der Waals surface area contributed by atoms with E-state index < -0.39 is 23.0 Å². The molecule has 1 saturated heterocycles. The van der Waals surface area contributed by atoms with Gasteiger partial charge in [0.15, 0.2) is 0 Å². The predicted molar refractivity (Wildman–Crippen MR) is 150 cm³/mol. The van der Waals surface area contributed by atoms with Gasteiger partial charge >= 0.3 is 0 Å². The molecule has 2 aromatic heterocycles. The molecule has 0 unspecified atom stereocenters. The molecular weight excluding hydrogens is 508 g/mol. The average Bonchev–Trinajstić information content (AvgIpc) is 3.54. The van der Waals surface area contributed by atoms with Crippen molar-refractivity contribution in [1.82, 2.24) is 19.8 Å². The van der Waals surface area contributed by atoms with Crippen LogP contribution in [0.3, 0.4) is 0 Å². The Kier molecular flexibility index (Phi) is 4.95. The molecule has 3 aliphatic rings. The van der Waals surface area contributed by atoms with Crippen molar-refractivity contribution in [3.8, 4) is 0 Å². The van der Waals surface area contributed by atoms with Crippen molar-refractivity contribution >= 4 is 27.5 Å². The van der Waals surface area contributed by atoms with Gasteiger partial charge in [0.1, 0.15) is 18.2 Å². The molecule has 0 aliphatic carbocycles. The van der Waals surface area contributed by atoms with E-state index >= 15 is 0 Å². The van der Waals surface area contributed by atoms with E-state index in [0.29, 0.717) is 18.7 Å². The number of nitrogens with one attached hydrogen (secondary N) is 2. The zero-order chi connectivity index (χ0) is 27.1. The van der Waals surface area contributed by atoms with Crippen molar-refractivity contribution < 1.29 is 9.85 Å². The van der Waals surface area contributed by atoms with Crippen LogP contribution in [-0.2, 0) is 12.8 Å². The molecule has 5 aromatic rings. The van der Waals surface area contributed by atoms with Crippen molar-refractivity contribution in [3.05, 3.63) is 121 Å². The fourth-order valence-corrected chi connectivity index (χ4v) is 7.63. The third-order valence-corrected chi connectivity index (χ3v) is 9.14. The van der Waals surface area contributed by atoms with Crippen LogP contribution in [0, 0.1) is 20.2 Å². The molecule has 0 bridgehead atoms. The lowest BCUT2D eigenvalue weighted by Gasteiger charge is -2.55. The molecule has 1 fully saturated rings. The van der Waals surface area contributed by atoms with Gasteiger partial charge in [-0.25, -0.2) is 0 Å². The highest BCUT2D eigenvalue weighted by molar-refractivity contribution is 5.86. The number of nitrogens with zero attached hydrogens (tertiary/aromatic N) is 4. The lowest BCUT2D eigenvalue weighted by atomic mass is 9.80. The summed E-state index contributed by atoms with van der Waals surface area (Å²) in [6.45, 7) is 1.28. The SMILES string of the molecule is O=[N+]([O-])c1cccc([C@H]2[C@H]([N+](=O)[O-])[C@H]3c4[nH]c5ccccc5c4CCN3[C@H]3c4[nH]c5ccccc5c4CCN32)c1. The molecular formula is C30H26N6O4. The fraction of sp³-hybridized carbons (Fsp3) is 0.267. The Labute approximate surface area is 228 Å². The smallest absolute Gasteiger partial charge is 0.269 e. The molecule has 3 aliphatic heterocycles. The quantitative estimate of drug-likeness (QED) is 0.235. The first kappa shape index (κ1) is 23.4. The molecule has 3 aromatic carbocycles. The normalized spacial score (nSPS) is 24.3. The van der Waals surface area contributed by atoms with E-state index in [-0.39, 0.29) is 16.8 Å². The number of para-hydroxylation sites is 2. The number of nitro groups is 2. The summed E-state index contributed by atoms with van der Waals surface area (Å²) in [6.07, 6.45) is 1.28. The molecule has 10 nitrogen and oxygen atoms in total. The Bertz CT molecular complexity index is 1840. The number of aromatic amines is 2. The maximum absolute atomic E-state index is 13.1. The lowest BCUT2D eigenvalue weighted by molar-refractivity contribution is -0.550. The lowest BCUT2D eigenvalue weighted by Crippen LogP contribution is -2.62. The largest absolute Gasteiger partial charge is 0.357 e. The van der Waals surface area contributed by atoms with Crippen LogP contribution in [0.15, 0.2) is 72.8 Å². The molecule has 40 heavy (non-hydrogen) atoms. The first-order valence-corrected chi connectivity index (χ1v) is 13.6. The highest BCUT2D eigenvalue weighted by Crippen LogP contribution is 2.54. The molecule has 2 N–H and O–H groups in total. The van der Waals surface area contributed by atoms with E-state index in [4.69, 9.17) is 0 Å². The summed E-state index contributed by atoms with van der Waals surface area (Å²) in [4.78, 5) is 35.9. The molecule has 0 amide bonds. The zero-order valence-corrected chi connectivity index (χ0v) is 21.5. The van der Waals surface area contributed by atoms with Gasteiger partial charge in [0, 0.05) is 57.6 Å². The number of benzene rings is 3. The summed E-state index contributed by atoms with van der Waals surface area (Å²) in [6, 6.07) is 20.5. The topological polar surface area (TPSA) is 124 Å². The Morgan fingerprint density at radius 2 is 1.32 bits per heavy atom. The van der Waals surface area contributed by atoms with E-state index in [9.17, 15) is 20.2 Å². The Morgan fingerprint density at radius 1 is 0.725 bits per heavy atom. The molecule has 5 heterocycles. The molecule has 200 valence electrons. The number of aromatic nitrogens is 2. The van der Waals surface area contributed by atoms with Crippen molar-refractivity contribution in [3.63, 3.8) is 0 Å². The molecule has 0 radical (unpaired) electrons. The summed E-state index contributed by atoms with van der Waals surface area (Å²) < 4.78 is 0. The van der Waals surface area contributed by atoms with E-state index in [2.05, 4.69) is 38.0 Å². The van der Waals surface area contributed by atoms with Gasteiger partial charge in [-0.3, -0.25) is 30.0 Å². The van der Waals surface area contributed by atoms with Gasteiger partial charge in [-0.05, 0) is 41.7 Å². The first-order valence-electron chi connectivity index (χ1n) is 13.6. The molecule has 0 spiro atoms. The van der Waals surface area contributed by atoms with Gasteiger partial charge in [-0.15, -0.1) is 0 Å². The zero-order valence-electron chi connectivity index (χ0n) is 21.5. The van der Waals surface area contributed by atoms with Crippen molar-refractivity contribution in [2.24, 2.45) is 0 Å². The Balaban J connectivity index is 1.39.